The van der Waals surface area contributed by atoms with Gasteiger partial charge in [0.2, 0.25) is 0 Å². The minimum Gasteiger partial charge on any atom is -0.338 e. The van der Waals surface area contributed by atoms with E-state index in [0.717, 1.165) is 16.8 Å². The second-order valence-electron chi connectivity index (χ2n) is 8.17. The molecule has 3 aromatic carbocycles. The van der Waals surface area contributed by atoms with E-state index in [2.05, 4.69) is 10.6 Å². The van der Waals surface area contributed by atoms with Crippen molar-refractivity contribution in [3.63, 3.8) is 0 Å². The lowest BCUT2D eigenvalue weighted by atomic mass is 10.0. The maximum Gasteiger partial charge on any atom is 0.319 e. The minimum atomic E-state index is -0.238. The van der Waals surface area contributed by atoms with E-state index in [1.54, 1.807) is 17.0 Å². The molecule has 1 saturated heterocycles. The molecule has 0 unspecified atom stereocenters. The van der Waals surface area contributed by atoms with Crippen molar-refractivity contribution in [1.82, 2.24) is 10.2 Å². The summed E-state index contributed by atoms with van der Waals surface area (Å²) in [7, 11) is 0. The van der Waals surface area contributed by atoms with E-state index in [1.807, 2.05) is 60.7 Å². The number of anilines is 1. The summed E-state index contributed by atoms with van der Waals surface area (Å²) in [6.45, 7) is 1.11. The van der Waals surface area contributed by atoms with Crippen LogP contribution in [0.25, 0.3) is 11.1 Å². The van der Waals surface area contributed by atoms with Crippen LogP contribution in [-0.2, 0) is 0 Å². The predicted octanol–water partition coefficient (Wildman–Crippen LogP) is 4.32. The largest absolute Gasteiger partial charge is 0.338 e. The Kier molecular flexibility index (Phi) is 5.19. The number of nitrogens with one attached hydrogen (secondary N) is 2. The Morgan fingerprint density at radius 3 is 2.19 bits per heavy atom. The molecule has 0 saturated carbocycles. The van der Waals surface area contributed by atoms with E-state index in [4.69, 9.17) is 0 Å². The van der Waals surface area contributed by atoms with E-state index >= 15 is 0 Å². The molecular weight excluding hydrogens is 402 g/mol. The van der Waals surface area contributed by atoms with Crippen LogP contribution < -0.4 is 10.6 Å². The van der Waals surface area contributed by atoms with Crippen LogP contribution in [-0.4, -0.2) is 41.8 Å². The Labute approximate surface area is 186 Å². The first-order valence-electron chi connectivity index (χ1n) is 10.8. The lowest BCUT2D eigenvalue weighted by Crippen LogP contribution is -2.47. The van der Waals surface area contributed by atoms with Crippen molar-refractivity contribution in [2.75, 3.05) is 18.4 Å². The lowest BCUT2D eigenvalue weighted by molar-refractivity contribution is 0.0709. The number of piperidine rings is 1. The maximum atomic E-state index is 13.1. The van der Waals surface area contributed by atoms with Crippen LogP contribution in [0.2, 0.25) is 0 Å². The van der Waals surface area contributed by atoms with Gasteiger partial charge in [0.05, 0.1) is 0 Å². The molecule has 1 aliphatic heterocycles. The Hall–Kier alpha value is -3.93. The number of hydrogen-bond acceptors (Lipinski definition) is 3. The predicted molar refractivity (Wildman–Crippen MR) is 123 cm³/mol. The molecule has 1 fully saturated rings. The summed E-state index contributed by atoms with van der Waals surface area (Å²) in [5.74, 6) is -0.110. The topological polar surface area (TPSA) is 78.5 Å². The maximum absolute atomic E-state index is 13.1. The van der Waals surface area contributed by atoms with Crippen LogP contribution in [0.4, 0.5) is 10.5 Å². The summed E-state index contributed by atoms with van der Waals surface area (Å²) in [5.41, 5.74) is 4.35. The van der Waals surface area contributed by atoms with Gasteiger partial charge in [-0.2, -0.15) is 0 Å². The van der Waals surface area contributed by atoms with Gasteiger partial charge in [0.1, 0.15) is 0 Å². The lowest BCUT2D eigenvalue weighted by Gasteiger charge is -2.32. The molecule has 32 heavy (non-hydrogen) atoms. The summed E-state index contributed by atoms with van der Waals surface area (Å²) in [4.78, 5) is 39.8. The van der Waals surface area contributed by atoms with Crippen LogP contribution in [0.15, 0.2) is 72.8 Å². The average Bonchev–Trinajstić information content (AvgIpc) is 3.11. The quantitative estimate of drug-likeness (QED) is 0.513. The highest BCUT2D eigenvalue weighted by Crippen LogP contribution is 2.36. The zero-order valence-corrected chi connectivity index (χ0v) is 17.5. The Morgan fingerprint density at radius 1 is 0.781 bits per heavy atom. The number of benzene rings is 3. The van der Waals surface area contributed by atoms with Crippen LogP contribution in [0.3, 0.4) is 0 Å². The fraction of sp³-hybridized carbons (Fsp3) is 0.192. The molecule has 0 atom stereocenters. The molecule has 160 valence electrons. The number of para-hydroxylation sites is 1. The third kappa shape index (κ3) is 3.75. The molecular formula is C26H23N3O3. The fourth-order valence-electron chi connectivity index (χ4n) is 4.44. The molecule has 2 aliphatic rings. The van der Waals surface area contributed by atoms with E-state index in [1.165, 1.54) is 0 Å². The van der Waals surface area contributed by atoms with Gasteiger partial charge in [-0.1, -0.05) is 48.5 Å². The number of amides is 3. The van der Waals surface area contributed by atoms with E-state index in [-0.39, 0.29) is 23.8 Å². The standard InChI is InChI=1S/C26H23N3O3/c30-24-22-9-5-4-8-20(22)21-11-10-17(16-23(21)24)25(31)29-14-12-19(13-15-29)28-26(32)27-18-6-2-1-3-7-18/h1-11,16,19H,12-15H2,(H2,27,28,32). The second-order valence-corrected chi connectivity index (χ2v) is 8.17. The SMILES string of the molecule is O=C(Nc1ccccc1)NC1CCN(C(=O)c2ccc3c(c2)C(=O)c2ccccc2-3)CC1. The molecule has 3 aromatic rings. The molecule has 6 nitrogen and oxygen atoms in total. The van der Waals surface area contributed by atoms with Crippen molar-refractivity contribution in [2.45, 2.75) is 18.9 Å². The molecule has 2 N–H and O–H groups in total. The normalized spacial score (nSPS) is 15.1. The molecule has 5 rings (SSSR count). The molecule has 1 heterocycles. The first-order chi connectivity index (χ1) is 15.6. The Bertz CT molecular complexity index is 1200. The number of carbonyl (C=O) groups is 3. The van der Waals surface area contributed by atoms with Crippen molar-refractivity contribution in [3.05, 3.63) is 89.5 Å². The Balaban J connectivity index is 1.20. The van der Waals surface area contributed by atoms with Crippen LogP contribution >= 0.6 is 0 Å². The summed E-state index contributed by atoms with van der Waals surface area (Å²) in [5, 5.41) is 5.81. The summed E-state index contributed by atoms with van der Waals surface area (Å²) < 4.78 is 0. The third-order valence-electron chi connectivity index (χ3n) is 6.12. The Morgan fingerprint density at radius 2 is 1.44 bits per heavy atom. The molecule has 0 bridgehead atoms. The van der Waals surface area contributed by atoms with Crippen LogP contribution in [0.5, 0.6) is 0 Å². The number of hydrogen-bond donors (Lipinski definition) is 2. The highest BCUT2D eigenvalue weighted by molar-refractivity contribution is 6.22. The van der Waals surface area contributed by atoms with Crippen molar-refractivity contribution in [1.29, 1.82) is 0 Å². The number of ketones is 1. The first kappa shape index (κ1) is 20.0. The smallest absolute Gasteiger partial charge is 0.319 e. The minimum absolute atomic E-state index is 0.0128. The van der Waals surface area contributed by atoms with Crippen molar-refractivity contribution in [3.8, 4) is 11.1 Å². The van der Waals surface area contributed by atoms with Gasteiger partial charge >= 0.3 is 6.03 Å². The number of nitrogens with zero attached hydrogens (tertiary/aromatic N) is 1. The van der Waals surface area contributed by atoms with Gasteiger partial charge in [-0.25, -0.2) is 4.79 Å². The zero-order chi connectivity index (χ0) is 22.1. The molecule has 0 spiro atoms. The first-order valence-corrected chi connectivity index (χ1v) is 10.8. The third-order valence-corrected chi connectivity index (χ3v) is 6.12. The van der Waals surface area contributed by atoms with Crippen LogP contribution in [0.1, 0.15) is 39.1 Å². The van der Waals surface area contributed by atoms with Gasteiger partial charge < -0.3 is 15.5 Å². The van der Waals surface area contributed by atoms with Gasteiger partial charge in [0.15, 0.2) is 5.78 Å². The van der Waals surface area contributed by atoms with Crippen LogP contribution in [0, 0.1) is 0 Å². The number of fused-ring (bicyclic) bond motifs is 3. The molecule has 0 radical (unpaired) electrons. The number of likely N-dealkylation sites (tertiary alicyclic amines) is 1. The van der Waals surface area contributed by atoms with Gasteiger partial charge in [-0.15, -0.1) is 0 Å². The van der Waals surface area contributed by atoms with Crippen molar-refractivity contribution >= 4 is 23.4 Å². The van der Waals surface area contributed by atoms with Gasteiger partial charge in [0.25, 0.3) is 5.91 Å². The van der Waals surface area contributed by atoms with E-state index < -0.39 is 0 Å². The average molecular weight is 425 g/mol. The van der Waals surface area contributed by atoms with Crippen molar-refractivity contribution < 1.29 is 14.4 Å². The van der Waals surface area contributed by atoms with Gasteiger partial charge in [-0.3, -0.25) is 9.59 Å². The number of carbonyl (C=O) groups excluding carboxylic acids is 3. The summed E-state index contributed by atoms with van der Waals surface area (Å²) in [6.07, 6.45) is 1.37. The highest BCUT2D eigenvalue weighted by atomic mass is 16.2. The zero-order valence-electron chi connectivity index (χ0n) is 17.5. The molecule has 3 amide bonds. The fourth-order valence-corrected chi connectivity index (χ4v) is 4.44. The molecule has 6 heteroatoms. The highest BCUT2D eigenvalue weighted by Gasteiger charge is 2.29. The van der Waals surface area contributed by atoms with E-state index in [9.17, 15) is 14.4 Å². The monoisotopic (exact) mass is 425 g/mol. The number of urea groups is 1. The van der Waals surface area contributed by atoms with E-state index in [0.29, 0.717) is 42.6 Å². The molecule has 0 aromatic heterocycles. The molecule has 1 aliphatic carbocycles. The number of rotatable bonds is 3. The van der Waals surface area contributed by atoms with Gasteiger partial charge in [0, 0.05) is 41.5 Å². The summed E-state index contributed by atoms with van der Waals surface area (Å²) in [6, 6.07) is 22.0. The van der Waals surface area contributed by atoms with Crippen molar-refractivity contribution in [2.24, 2.45) is 0 Å². The van der Waals surface area contributed by atoms with Gasteiger partial charge in [-0.05, 0) is 48.2 Å². The second kappa shape index (κ2) is 8.30. The summed E-state index contributed by atoms with van der Waals surface area (Å²) >= 11 is 0.